The fraction of sp³-hybridized carbons (Fsp3) is 0.333. The molecule has 1 atom stereocenters. The van der Waals surface area contributed by atoms with E-state index in [2.05, 4.69) is 14.7 Å². The Hall–Kier alpha value is -1.93. The molecule has 106 valence electrons. The van der Waals surface area contributed by atoms with Gasteiger partial charge in [0.1, 0.15) is 5.54 Å². The van der Waals surface area contributed by atoms with E-state index in [9.17, 15) is 13.2 Å². The van der Waals surface area contributed by atoms with Crippen LogP contribution >= 0.6 is 0 Å². The molecule has 0 aliphatic carbocycles. The predicted octanol–water partition coefficient (Wildman–Crippen LogP) is 1.82. The van der Waals surface area contributed by atoms with Crippen molar-refractivity contribution in [2.45, 2.75) is 18.3 Å². The Labute approximate surface area is 111 Å². The molecule has 3 rings (SSSR count). The molecular weight excluding hydrogens is 275 g/mol. The lowest BCUT2D eigenvalue weighted by molar-refractivity contribution is -0.159. The molecule has 0 saturated carbocycles. The maximum Gasteiger partial charge on any atom is 0.471 e. The number of benzene rings is 1. The second kappa shape index (κ2) is 4.29. The molecule has 1 aliphatic rings. The minimum atomic E-state index is -4.70. The third-order valence-electron chi connectivity index (χ3n) is 3.15. The highest BCUT2D eigenvalue weighted by atomic mass is 19.4. The highest BCUT2D eigenvalue weighted by Gasteiger charge is 2.44. The van der Waals surface area contributed by atoms with Gasteiger partial charge in [0.15, 0.2) is 5.82 Å². The van der Waals surface area contributed by atoms with Crippen molar-refractivity contribution >= 4 is 0 Å². The van der Waals surface area contributed by atoms with Gasteiger partial charge in [0.2, 0.25) is 0 Å². The van der Waals surface area contributed by atoms with Crippen molar-refractivity contribution in [3.05, 3.63) is 47.1 Å². The van der Waals surface area contributed by atoms with E-state index in [1.807, 2.05) is 0 Å². The van der Waals surface area contributed by atoms with Crippen molar-refractivity contribution in [2.75, 3.05) is 6.61 Å². The predicted molar refractivity (Wildman–Crippen MR) is 60.4 cm³/mol. The lowest BCUT2D eigenvalue weighted by Gasteiger charge is -2.32. The third kappa shape index (κ3) is 1.97. The second-order valence-electron chi connectivity index (χ2n) is 4.54. The molecule has 0 radical (unpaired) electrons. The number of fused-ring (bicyclic) bond motifs is 1. The number of hydrogen-bond acceptors (Lipinski definition) is 5. The average Bonchev–Trinajstić information content (AvgIpc) is 2.89. The van der Waals surface area contributed by atoms with Gasteiger partial charge in [0, 0.05) is 0 Å². The zero-order chi connectivity index (χ0) is 14.4. The lowest BCUT2D eigenvalue weighted by Crippen LogP contribution is -2.46. The van der Waals surface area contributed by atoms with Gasteiger partial charge in [-0.1, -0.05) is 29.4 Å². The van der Waals surface area contributed by atoms with Gasteiger partial charge in [-0.05, 0) is 11.1 Å². The normalized spacial score (nSPS) is 22.6. The summed E-state index contributed by atoms with van der Waals surface area (Å²) in [5.41, 5.74) is 6.26. The van der Waals surface area contributed by atoms with Crippen molar-refractivity contribution < 1.29 is 22.4 Å². The van der Waals surface area contributed by atoms with Crippen LogP contribution in [-0.2, 0) is 23.1 Å². The highest BCUT2D eigenvalue weighted by Crippen LogP contribution is 2.34. The number of ether oxygens (including phenoxy) is 1. The maximum atomic E-state index is 12.5. The summed E-state index contributed by atoms with van der Waals surface area (Å²) >= 11 is 0. The Bertz CT molecular complexity index is 641. The molecular formula is C12H10F3N3O2. The zero-order valence-corrected chi connectivity index (χ0v) is 10.1. The number of alkyl halides is 3. The quantitative estimate of drug-likeness (QED) is 0.865. The van der Waals surface area contributed by atoms with E-state index in [0.717, 1.165) is 5.56 Å². The molecule has 20 heavy (non-hydrogen) atoms. The van der Waals surface area contributed by atoms with Gasteiger partial charge in [-0.3, -0.25) is 0 Å². The fourth-order valence-electron chi connectivity index (χ4n) is 2.19. The summed E-state index contributed by atoms with van der Waals surface area (Å²) in [6.45, 7) is 0.333. The molecule has 8 heteroatoms. The Morgan fingerprint density at radius 1 is 1.25 bits per heavy atom. The van der Waals surface area contributed by atoms with Crippen molar-refractivity contribution in [1.29, 1.82) is 0 Å². The largest absolute Gasteiger partial charge is 0.471 e. The first-order valence-corrected chi connectivity index (χ1v) is 5.77. The fourth-order valence-corrected chi connectivity index (χ4v) is 2.19. The summed E-state index contributed by atoms with van der Waals surface area (Å²) in [4.78, 5) is 3.37. The minimum absolute atomic E-state index is 0.0131. The van der Waals surface area contributed by atoms with E-state index in [4.69, 9.17) is 10.5 Å². The van der Waals surface area contributed by atoms with E-state index in [-0.39, 0.29) is 12.4 Å². The van der Waals surface area contributed by atoms with Crippen LogP contribution in [0.3, 0.4) is 0 Å². The van der Waals surface area contributed by atoms with Crippen molar-refractivity contribution in [1.82, 2.24) is 10.1 Å². The number of rotatable bonds is 1. The van der Waals surface area contributed by atoms with Crippen LogP contribution in [0.15, 0.2) is 28.8 Å². The van der Waals surface area contributed by atoms with Crippen LogP contribution in [0.4, 0.5) is 13.2 Å². The average molecular weight is 285 g/mol. The van der Waals surface area contributed by atoms with Crippen LogP contribution < -0.4 is 5.73 Å². The Morgan fingerprint density at radius 3 is 2.70 bits per heavy atom. The molecule has 1 aromatic heterocycles. The standard InChI is InChI=1S/C12H10F3N3O2/c13-12(14,15)10-17-9(18-20-10)11(16)6-19-5-7-3-1-2-4-8(7)11/h1-4H,5-6,16H2. The molecule has 0 amide bonds. The number of hydrogen-bond donors (Lipinski definition) is 1. The van der Waals surface area contributed by atoms with Crippen molar-refractivity contribution in [3.63, 3.8) is 0 Å². The van der Waals surface area contributed by atoms with Crippen molar-refractivity contribution in [3.8, 4) is 0 Å². The lowest BCUT2D eigenvalue weighted by atomic mass is 9.86. The van der Waals surface area contributed by atoms with Crippen LogP contribution in [0.5, 0.6) is 0 Å². The van der Waals surface area contributed by atoms with E-state index < -0.39 is 17.6 Å². The zero-order valence-electron chi connectivity index (χ0n) is 10.1. The number of nitrogens with two attached hydrogens (primary N) is 1. The molecule has 1 aromatic carbocycles. The molecule has 2 heterocycles. The van der Waals surface area contributed by atoms with Gasteiger partial charge >= 0.3 is 12.1 Å². The summed E-state index contributed by atoms with van der Waals surface area (Å²) in [6, 6.07) is 7.06. The van der Waals surface area contributed by atoms with E-state index in [1.54, 1.807) is 24.3 Å². The number of halogens is 3. The molecule has 0 saturated heterocycles. The third-order valence-corrected chi connectivity index (χ3v) is 3.15. The van der Waals surface area contributed by atoms with Gasteiger partial charge in [-0.2, -0.15) is 18.2 Å². The van der Waals surface area contributed by atoms with Gasteiger partial charge in [-0.15, -0.1) is 0 Å². The summed E-state index contributed by atoms with van der Waals surface area (Å²) in [7, 11) is 0. The van der Waals surface area contributed by atoms with Gasteiger partial charge in [-0.25, -0.2) is 0 Å². The molecule has 0 bridgehead atoms. The Morgan fingerprint density at radius 2 is 2.00 bits per heavy atom. The molecule has 2 aromatic rings. The smallest absolute Gasteiger partial charge is 0.374 e. The number of nitrogens with zero attached hydrogens (tertiary/aromatic N) is 2. The minimum Gasteiger partial charge on any atom is -0.374 e. The first-order valence-electron chi connectivity index (χ1n) is 5.77. The molecule has 0 spiro atoms. The molecule has 5 nitrogen and oxygen atoms in total. The van der Waals surface area contributed by atoms with E-state index in [1.165, 1.54) is 0 Å². The second-order valence-corrected chi connectivity index (χ2v) is 4.54. The monoisotopic (exact) mass is 285 g/mol. The molecule has 1 unspecified atom stereocenters. The van der Waals surface area contributed by atoms with Gasteiger partial charge < -0.3 is 15.0 Å². The van der Waals surface area contributed by atoms with Gasteiger partial charge in [0.25, 0.3) is 0 Å². The molecule has 0 fully saturated rings. The summed E-state index contributed by atoms with van der Waals surface area (Å²) in [6.07, 6.45) is -4.70. The Balaban J connectivity index is 2.08. The van der Waals surface area contributed by atoms with Crippen LogP contribution in [0.25, 0.3) is 0 Å². The maximum absolute atomic E-state index is 12.5. The van der Waals surface area contributed by atoms with Crippen LogP contribution in [0, 0.1) is 0 Å². The topological polar surface area (TPSA) is 74.2 Å². The summed E-state index contributed by atoms with van der Waals surface area (Å²) in [5, 5.41) is 3.37. The van der Waals surface area contributed by atoms with Crippen LogP contribution in [0.2, 0.25) is 0 Å². The van der Waals surface area contributed by atoms with E-state index >= 15 is 0 Å². The van der Waals surface area contributed by atoms with Gasteiger partial charge in [0.05, 0.1) is 13.2 Å². The molecule has 1 aliphatic heterocycles. The summed E-state index contributed by atoms with van der Waals surface area (Å²) < 4.78 is 47.1. The first kappa shape index (κ1) is 13.1. The Kier molecular flexibility index (Phi) is 2.80. The first-order chi connectivity index (χ1) is 9.41. The number of aromatic nitrogens is 2. The van der Waals surface area contributed by atoms with E-state index in [0.29, 0.717) is 12.2 Å². The highest BCUT2D eigenvalue weighted by molar-refractivity contribution is 5.39. The molecule has 2 N–H and O–H groups in total. The van der Waals surface area contributed by atoms with Crippen LogP contribution in [-0.4, -0.2) is 16.7 Å². The SMILES string of the molecule is NC1(c2noc(C(F)(F)F)n2)COCc2ccccc21. The summed E-state index contributed by atoms with van der Waals surface area (Å²) in [5.74, 6) is -1.66. The van der Waals surface area contributed by atoms with Crippen LogP contribution in [0.1, 0.15) is 22.8 Å². The van der Waals surface area contributed by atoms with Crippen molar-refractivity contribution in [2.24, 2.45) is 5.73 Å².